The number of hydrogen-bond donors (Lipinski definition) is 0. The SMILES string of the molecule is CCCCCCCCn1cc[n+](C)c1C.F[P-](F)(F)(F)(F)F. The molecule has 0 bridgehead atoms. The van der Waals surface area contributed by atoms with Crippen molar-refractivity contribution in [2.75, 3.05) is 0 Å². The Morgan fingerprint density at radius 1 is 0.955 bits per heavy atom. The molecule has 0 N–H and O–H groups in total. The molecule has 0 aliphatic heterocycles. The molecule has 0 aliphatic carbocycles. The standard InChI is InChI=1S/C13H25N2.F6P/c1-4-5-6-7-8-9-10-15-12-11-14(3)13(15)2;1-7(2,3,4,5)6/h11-12H,4-10H2,1-3H3;/q+1;-1. The summed E-state index contributed by atoms with van der Waals surface area (Å²) in [5.74, 6) is 1.35. The minimum atomic E-state index is -10.7. The molecule has 0 radical (unpaired) electrons. The van der Waals surface area contributed by atoms with Gasteiger partial charge in [-0.1, -0.05) is 32.6 Å². The van der Waals surface area contributed by atoms with Crippen LogP contribution in [0.1, 0.15) is 51.3 Å². The molecule has 0 aromatic carbocycles. The number of aryl methyl sites for hydroxylation is 2. The Morgan fingerprint density at radius 2 is 1.41 bits per heavy atom. The first-order valence-electron chi connectivity index (χ1n) is 7.28. The van der Waals surface area contributed by atoms with Crippen molar-refractivity contribution in [3.05, 3.63) is 18.2 Å². The maximum absolute atomic E-state index is 10.7. The molecule has 0 saturated heterocycles. The second kappa shape index (κ2) is 7.20. The van der Waals surface area contributed by atoms with Gasteiger partial charge in [0, 0.05) is 6.92 Å². The number of nitrogens with zero attached hydrogens (tertiary/aromatic N) is 2. The summed E-state index contributed by atoms with van der Waals surface area (Å²) >= 11 is 0. The van der Waals surface area contributed by atoms with Crippen molar-refractivity contribution in [2.45, 2.75) is 58.9 Å². The number of halogens is 6. The Morgan fingerprint density at radius 3 is 1.82 bits per heavy atom. The van der Waals surface area contributed by atoms with Gasteiger partial charge >= 0.3 is 33.0 Å². The van der Waals surface area contributed by atoms with E-state index >= 15 is 0 Å². The summed E-state index contributed by atoms with van der Waals surface area (Å²) in [5, 5.41) is 0. The number of aromatic nitrogens is 2. The van der Waals surface area contributed by atoms with Crippen molar-refractivity contribution >= 4 is 7.81 Å². The van der Waals surface area contributed by atoms with Gasteiger partial charge in [0.05, 0.1) is 13.6 Å². The zero-order valence-electron chi connectivity index (χ0n) is 13.2. The minimum absolute atomic E-state index is 1.18. The summed E-state index contributed by atoms with van der Waals surface area (Å²) in [5.41, 5.74) is 0. The second-order valence-electron chi connectivity index (χ2n) is 5.38. The van der Waals surface area contributed by atoms with E-state index in [1.807, 2.05) is 0 Å². The van der Waals surface area contributed by atoms with Crippen molar-refractivity contribution in [2.24, 2.45) is 7.05 Å². The summed E-state index contributed by atoms with van der Waals surface area (Å²) in [4.78, 5) is 0. The van der Waals surface area contributed by atoms with E-state index in [1.165, 1.54) is 50.9 Å². The molecule has 1 heterocycles. The van der Waals surface area contributed by atoms with Gasteiger partial charge in [-0.15, -0.1) is 0 Å². The molecular weight excluding hydrogens is 329 g/mol. The molecule has 0 atom stereocenters. The Kier molecular flexibility index (Phi) is 6.94. The Labute approximate surface area is 127 Å². The number of imidazole rings is 1. The van der Waals surface area contributed by atoms with Crippen LogP contribution < -0.4 is 4.57 Å². The molecule has 1 aromatic rings. The number of rotatable bonds is 7. The van der Waals surface area contributed by atoms with Crippen LogP contribution >= 0.6 is 7.81 Å². The van der Waals surface area contributed by atoms with E-state index in [1.54, 1.807) is 0 Å². The summed E-state index contributed by atoms with van der Waals surface area (Å²) in [6.45, 7) is 5.62. The van der Waals surface area contributed by atoms with Gasteiger partial charge in [-0.2, -0.15) is 0 Å². The van der Waals surface area contributed by atoms with Crippen molar-refractivity contribution in [1.82, 2.24) is 4.57 Å². The quantitative estimate of drug-likeness (QED) is 0.233. The molecule has 9 heteroatoms. The van der Waals surface area contributed by atoms with Gasteiger partial charge in [-0.25, -0.2) is 9.13 Å². The Bertz CT molecular complexity index is 440. The molecule has 0 unspecified atom stereocenters. The van der Waals surface area contributed by atoms with Gasteiger partial charge in [-0.05, 0) is 12.8 Å². The zero-order valence-corrected chi connectivity index (χ0v) is 14.1. The summed E-state index contributed by atoms with van der Waals surface area (Å²) in [6, 6.07) is 0. The van der Waals surface area contributed by atoms with Gasteiger partial charge in [0.2, 0.25) is 0 Å². The fourth-order valence-corrected chi connectivity index (χ4v) is 1.90. The van der Waals surface area contributed by atoms with E-state index in [9.17, 15) is 25.2 Å². The molecule has 0 saturated carbocycles. The number of hydrogen-bond acceptors (Lipinski definition) is 0. The third kappa shape index (κ3) is 15.6. The maximum atomic E-state index is 9.87. The van der Waals surface area contributed by atoms with Gasteiger partial charge in [0.1, 0.15) is 12.4 Å². The van der Waals surface area contributed by atoms with E-state index in [0.29, 0.717) is 0 Å². The molecule has 0 spiro atoms. The van der Waals surface area contributed by atoms with Gasteiger partial charge in [0.25, 0.3) is 5.82 Å². The average Bonchev–Trinajstić information content (AvgIpc) is 2.61. The van der Waals surface area contributed by atoms with E-state index in [-0.39, 0.29) is 0 Å². The number of unbranched alkanes of at least 4 members (excludes halogenated alkanes) is 5. The van der Waals surface area contributed by atoms with E-state index in [4.69, 9.17) is 0 Å². The van der Waals surface area contributed by atoms with E-state index < -0.39 is 7.81 Å². The van der Waals surface area contributed by atoms with Crippen LogP contribution in [-0.2, 0) is 13.6 Å². The third-order valence-corrected chi connectivity index (χ3v) is 3.15. The molecule has 134 valence electrons. The van der Waals surface area contributed by atoms with Crippen LogP contribution in [0.25, 0.3) is 0 Å². The molecule has 2 nitrogen and oxygen atoms in total. The molecule has 1 aromatic heterocycles. The van der Waals surface area contributed by atoms with Crippen molar-refractivity contribution < 1.29 is 29.7 Å². The van der Waals surface area contributed by atoms with Crippen LogP contribution in [-0.4, -0.2) is 4.57 Å². The predicted octanol–water partition coefficient (Wildman–Crippen LogP) is 6.36. The predicted molar refractivity (Wildman–Crippen MR) is 77.3 cm³/mol. The van der Waals surface area contributed by atoms with E-state index in [2.05, 4.69) is 42.4 Å². The first kappa shape index (κ1) is 21.2. The topological polar surface area (TPSA) is 8.81 Å². The molecule has 22 heavy (non-hydrogen) atoms. The summed E-state index contributed by atoms with van der Waals surface area (Å²) < 4.78 is 63.7. The van der Waals surface area contributed by atoms with Crippen LogP contribution in [0, 0.1) is 6.92 Å². The normalized spacial score (nSPS) is 14.8. The van der Waals surface area contributed by atoms with Crippen LogP contribution in [0.15, 0.2) is 12.4 Å². The molecule has 1 rings (SSSR count). The van der Waals surface area contributed by atoms with Crippen LogP contribution in [0.3, 0.4) is 0 Å². The van der Waals surface area contributed by atoms with Gasteiger partial charge in [-0.3, -0.25) is 0 Å². The second-order valence-corrected chi connectivity index (χ2v) is 7.29. The van der Waals surface area contributed by atoms with Crippen LogP contribution in [0.5, 0.6) is 0 Å². The van der Waals surface area contributed by atoms with Crippen molar-refractivity contribution in [3.63, 3.8) is 0 Å². The monoisotopic (exact) mass is 354 g/mol. The summed E-state index contributed by atoms with van der Waals surface area (Å²) in [6.07, 6.45) is 12.6. The molecule has 0 fully saturated rings. The Hall–Kier alpha value is -0.780. The molecular formula is C13H25F6N2P. The van der Waals surface area contributed by atoms with Crippen LogP contribution in [0.4, 0.5) is 25.2 Å². The van der Waals surface area contributed by atoms with Crippen molar-refractivity contribution in [3.8, 4) is 0 Å². The average molecular weight is 354 g/mol. The fourth-order valence-electron chi connectivity index (χ4n) is 1.90. The third-order valence-electron chi connectivity index (χ3n) is 3.15. The first-order valence-corrected chi connectivity index (χ1v) is 9.31. The van der Waals surface area contributed by atoms with Crippen molar-refractivity contribution in [1.29, 1.82) is 0 Å². The molecule has 0 aliphatic rings. The summed E-state index contributed by atoms with van der Waals surface area (Å²) in [7, 11) is -8.55. The van der Waals surface area contributed by atoms with Gasteiger partial charge < -0.3 is 0 Å². The Balaban J connectivity index is 0.000000534. The van der Waals surface area contributed by atoms with Gasteiger partial charge in [0.15, 0.2) is 0 Å². The van der Waals surface area contributed by atoms with Crippen LogP contribution in [0.2, 0.25) is 0 Å². The molecule has 0 amide bonds. The van der Waals surface area contributed by atoms with E-state index in [0.717, 1.165) is 0 Å². The first-order chi connectivity index (χ1) is 9.70. The zero-order chi connectivity index (χ0) is 17.5. The fraction of sp³-hybridized carbons (Fsp3) is 0.769.